The summed E-state index contributed by atoms with van der Waals surface area (Å²) in [6.07, 6.45) is -0.330. The van der Waals surface area contributed by atoms with Crippen molar-refractivity contribution in [3.63, 3.8) is 0 Å². The van der Waals surface area contributed by atoms with Gasteiger partial charge in [0, 0.05) is 19.1 Å². The number of aromatic nitrogens is 3. The fraction of sp³-hybridized carbons (Fsp3) is 0.778. The summed E-state index contributed by atoms with van der Waals surface area (Å²) in [5.41, 5.74) is 5.75. The lowest BCUT2D eigenvalue weighted by Gasteiger charge is -2.15. The average molecular weight is 243 g/mol. The number of nitrogens with zero attached hydrogens (tertiary/aromatic N) is 3. The van der Waals surface area contributed by atoms with Crippen LogP contribution in [-0.2, 0) is 0 Å². The third-order valence-electron chi connectivity index (χ3n) is 2.59. The number of thioether (sulfide) groups is 1. The molecule has 2 atom stereocenters. The van der Waals surface area contributed by atoms with Crippen molar-refractivity contribution in [1.82, 2.24) is 20.1 Å². The number of aliphatic hydroxyl groups excluding tert-OH is 1. The minimum absolute atomic E-state index is 0.126. The van der Waals surface area contributed by atoms with Crippen LogP contribution >= 0.6 is 11.8 Å². The Morgan fingerprint density at radius 2 is 2.25 bits per heavy atom. The Morgan fingerprint density at radius 1 is 1.50 bits per heavy atom. The smallest absolute Gasteiger partial charge is 0.222 e. The molecule has 16 heavy (non-hydrogen) atoms. The summed E-state index contributed by atoms with van der Waals surface area (Å²) in [6.45, 7) is 5.50. The summed E-state index contributed by atoms with van der Waals surface area (Å²) in [5, 5.41) is 21.7. The molecule has 2 unspecified atom stereocenters. The quantitative estimate of drug-likeness (QED) is 0.685. The molecule has 1 aromatic rings. The Hall–Kier alpha value is -0.790. The van der Waals surface area contributed by atoms with Crippen LogP contribution in [0.2, 0.25) is 0 Å². The van der Waals surface area contributed by atoms with E-state index in [-0.39, 0.29) is 17.4 Å². The first-order chi connectivity index (χ1) is 7.59. The monoisotopic (exact) mass is 243 g/mol. The molecule has 2 heterocycles. The summed E-state index contributed by atoms with van der Waals surface area (Å²) in [7, 11) is 0. The molecule has 0 amide bonds. The summed E-state index contributed by atoms with van der Waals surface area (Å²) < 4.78 is 1.88. The van der Waals surface area contributed by atoms with Crippen LogP contribution < -0.4 is 11.1 Å². The molecule has 1 aromatic heterocycles. The largest absolute Gasteiger partial charge is 0.391 e. The first-order valence-electron chi connectivity index (χ1n) is 5.35. The van der Waals surface area contributed by atoms with Crippen LogP contribution in [0.25, 0.3) is 0 Å². The predicted molar refractivity (Wildman–Crippen MR) is 63.3 cm³/mol. The highest BCUT2D eigenvalue weighted by molar-refractivity contribution is 7.99. The van der Waals surface area contributed by atoms with E-state index in [0.29, 0.717) is 12.5 Å². The maximum atomic E-state index is 9.71. The van der Waals surface area contributed by atoms with Crippen LogP contribution in [0, 0.1) is 0 Å². The van der Waals surface area contributed by atoms with Crippen molar-refractivity contribution in [2.24, 2.45) is 0 Å². The third kappa shape index (κ3) is 2.16. The van der Waals surface area contributed by atoms with Crippen molar-refractivity contribution < 1.29 is 5.11 Å². The second kappa shape index (κ2) is 4.60. The van der Waals surface area contributed by atoms with Crippen molar-refractivity contribution >= 4 is 17.7 Å². The number of aliphatic hydroxyl groups is 1. The van der Waals surface area contributed by atoms with E-state index in [1.54, 1.807) is 0 Å². The molecular weight excluding hydrogens is 226 g/mol. The minimum atomic E-state index is -0.330. The van der Waals surface area contributed by atoms with Crippen LogP contribution in [0.5, 0.6) is 0 Å². The van der Waals surface area contributed by atoms with Gasteiger partial charge in [0.15, 0.2) is 5.16 Å². The number of nitrogen functional groups attached to an aromatic ring is 1. The zero-order valence-corrected chi connectivity index (χ0v) is 10.2. The molecule has 90 valence electrons. The van der Waals surface area contributed by atoms with E-state index in [9.17, 15) is 5.11 Å². The molecule has 0 spiro atoms. The molecule has 2 rings (SSSR count). The van der Waals surface area contributed by atoms with Gasteiger partial charge in [-0.15, -0.1) is 10.2 Å². The Balaban J connectivity index is 2.15. The van der Waals surface area contributed by atoms with E-state index in [4.69, 9.17) is 5.73 Å². The molecule has 1 aliphatic heterocycles. The normalized spacial score (nSPS) is 25.5. The molecule has 4 N–H and O–H groups in total. The van der Waals surface area contributed by atoms with Gasteiger partial charge in [0.1, 0.15) is 0 Å². The SMILES string of the molecule is CC(C)n1c(N)nnc1SC1CNCC1O. The fourth-order valence-corrected chi connectivity index (χ4v) is 2.98. The maximum absolute atomic E-state index is 9.71. The van der Waals surface area contributed by atoms with Crippen LogP contribution in [0.15, 0.2) is 5.16 Å². The van der Waals surface area contributed by atoms with E-state index in [1.807, 2.05) is 18.4 Å². The lowest BCUT2D eigenvalue weighted by atomic mass is 10.3. The van der Waals surface area contributed by atoms with Crippen LogP contribution in [-0.4, -0.2) is 44.3 Å². The first kappa shape index (κ1) is 11.7. The van der Waals surface area contributed by atoms with Gasteiger partial charge in [0.05, 0.1) is 11.4 Å². The molecular formula is C9H17N5OS. The fourth-order valence-electron chi connectivity index (χ4n) is 1.75. The zero-order chi connectivity index (χ0) is 11.7. The van der Waals surface area contributed by atoms with Crippen molar-refractivity contribution in [3.05, 3.63) is 0 Å². The van der Waals surface area contributed by atoms with Gasteiger partial charge in [-0.25, -0.2) is 0 Å². The predicted octanol–water partition coefficient (Wildman–Crippen LogP) is -0.134. The van der Waals surface area contributed by atoms with Crippen LogP contribution in [0.4, 0.5) is 5.95 Å². The molecule has 7 heteroatoms. The molecule has 0 aliphatic carbocycles. The van der Waals surface area contributed by atoms with Gasteiger partial charge in [-0.3, -0.25) is 4.57 Å². The number of rotatable bonds is 3. The van der Waals surface area contributed by atoms with E-state index in [2.05, 4.69) is 15.5 Å². The number of β-amino-alcohol motifs (C(OH)–C–C–N with tert-alkyl or cyclic N) is 1. The molecule has 1 fully saturated rings. The molecule has 0 aromatic carbocycles. The highest BCUT2D eigenvalue weighted by Crippen LogP contribution is 2.29. The van der Waals surface area contributed by atoms with Gasteiger partial charge in [0.2, 0.25) is 5.95 Å². The van der Waals surface area contributed by atoms with Crippen molar-refractivity contribution in [2.75, 3.05) is 18.8 Å². The second-order valence-electron chi connectivity index (χ2n) is 4.19. The Kier molecular flexibility index (Phi) is 3.36. The second-order valence-corrected chi connectivity index (χ2v) is 5.39. The summed E-state index contributed by atoms with van der Waals surface area (Å²) >= 11 is 1.53. The lowest BCUT2D eigenvalue weighted by molar-refractivity contribution is 0.201. The van der Waals surface area contributed by atoms with Gasteiger partial charge < -0.3 is 16.2 Å². The number of hydrogen-bond acceptors (Lipinski definition) is 6. The summed E-state index contributed by atoms with van der Waals surface area (Å²) in [4.78, 5) is 0. The Bertz CT molecular complexity index is 367. The average Bonchev–Trinajstić information content (AvgIpc) is 2.75. The van der Waals surface area contributed by atoms with E-state index in [1.165, 1.54) is 11.8 Å². The molecule has 0 bridgehead atoms. The minimum Gasteiger partial charge on any atom is -0.391 e. The van der Waals surface area contributed by atoms with Gasteiger partial charge in [-0.05, 0) is 13.8 Å². The molecule has 0 radical (unpaired) electrons. The van der Waals surface area contributed by atoms with Gasteiger partial charge in [-0.1, -0.05) is 11.8 Å². The van der Waals surface area contributed by atoms with Gasteiger partial charge in [-0.2, -0.15) is 0 Å². The maximum Gasteiger partial charge on any atom is 0.222 e. The molecule has 1 saturated heterocycles. The van der Waals surface area contributed by atoms with Crippen molar-refractivity contribution in [2.45, 2.75) is 36.4 Å². The van der Waals surface area contributed by atoms with Gasteiger partial charge in [0.25, 0.3) is 0 Å². The lowest BCUT2D eigenvalue weighted by Crippen LogP contribution is -2.21. The molecule has 1 aliphatic rings. The van der Waals surface area contributed by atoms with Crippen molar-refractivity contribution in [3.8, 4) is 0 Å². The topological polar surface area (TPSA) is 89.0 Å². The van der Waals surface area contributed by atoms with E-state index < -0.39 is 0 Å². The highest BCUT2D eigenvalue weighted by Gasteiger charge is 2.28. The van der Waals surface area contributed by atoms with Crippen LogP contribution in [0.1, 0.15) is 19.9 Å². The first-order valence-corrected chi connectivity index (χ1v) is 6.23. The number of hydrogen-bond donors (Lipinski definition) is 3. The zero-order valence-electron chi connectivity index (χ0n) is 9.42. The summed E-state index contributed by atoms with van der Waals surface area (Å²) in [5.74, 6) is 0.429. The van der Waals surface area contributed by atoms with E-state index >= 15 is 0 Å². The number of nitrogens with two attached hydrogens (primary N) is 1. The van der Waals surface area contributed by atoms with Crippen LogP contribution in [0.3, 0.4) is 0 Å². The standard InChI is InChI=1S/C9H17N5OS/c1-5(2)14-8(10)12-13-9(14)16-7-4-11-3-6(7)15/h5-7,11,15H,3-4H2,1-2H3,(H2,10,12). The third-order valence-corrected chi connectivity index (χ3v) is 3.86. The number of nitrogens with one attached hydrogen (secondary N) is 1. The van der Waals surface area contributed by atoms with Crippen molar-refractivity contribution in [1.29, 1.82) is 0 Å². The summed E-state index contributed by atoms with van der Waals surface area (Å²) in [6, 6.07) is 0.226. The van der Waals surface area contributed by atoms with Gasteiger partial charge >= 0.3 is 0 Å². The number of anilines is 1. The Labute approximate surface area is 98.6 Å². The molecule has 6 nitrogen and oxygen atoms in total. The highest BCUT2D eigenvalue weighted by atomic mass is 32.2. The Morgan fingerprint density at radius 3 is 2.81 bits per heavy atom. The van der Waals surface area contributed by atoms with E-state index in [0.717, 1.165) is 11.7 Å². The molecule has 0 saturated carbocycles.